The summed E-state index contributed by atoms with van der Waals surface area (Å²) >= 11 is 0. The standard InChI is InChI=1S/C22H29N3O3/c1-21(2)11-12-22(3,4)15-24-19(13-23-14-21)18(25-28)10-7-16-5-8-17(9-6-16)20(26)27/h5-6,8-9,13,15H,7,10-12,14H2,1-4H3,(H,26,27). The number of hydrogen-bond acceptors (Lipinski definition) is 5. The van der Waals surface area contributed by atoms with Gasteiger partial charge in [-0.05, 0) is 54.0 Å². The SMILES string of the molecule is CC1(C)C=NC(=C(CCc2ccc(C(=O)O)cc2)N=O)C=NCC(C)(C)CC1. The van der Waals surface area contributed by atoms with Crippen molar-refractivity contribution in [3.05, 3.63) is 51.7 Å². The first kappa shape index (κ1) is 21.7. The van der Waals surface area contributed by atoms with Crippen molar-refractivity contribution in [3.63, 3.8) is 0 Å². The van der Waals surface area contributed by atoms with E-state index in [4.69, 9.17) is 5.11 Å². The number of aliphatic imine (C=N–C) groups is 2. The van der Waals surface area contributed by atoms with E-state index in [1.54, 1.807) is 30.5 Å². The van der Waals surface area contributed by atoms with E-state index in [0.29, 0.717) is 30.8 Å². The van der Waals surface area contributed by atoms with Crippen molar-refractivity contribution >= 4 is 18.4 Å². The Bertz CT molecular complexity index is 803. The number of hydrogen-bond donors (Lipinski definition) is 1. The van der Waals surface area contributed by atoms with Gasteiger partial charge in [0.05, 0.1) is 5.56 Å². The van der Waals surface area contributed by atoms with Gasteiger partial charge >= 0.3 is 5.97 Å². The van der Waals surface area contributed by atoms with Gasteiger partial charge in [-0.15, -0.1) is 4.91 Å². The van der Waals surface area contributed by atoms with E-state index < -0.39 is 5.97 Å². The predicted octanol–water partition coefficient (Wildman–Crippen LogP) is 5.28. The molecule has 6 nitrogen and oxygen atoms in total. The van der Waals surface area contributed by atoms with Crippen LogP contribution in [0, 0.1) is 15.7 Å². The Morgan fingerprint density at radius 2 is 1.82 bits per heavy atom. The minimum Gasteiger partial charge on any atom is -0.478 e. The molecule has 150 valence electrons. The lowest BCUT2D eigenvalue weighted by Crippen LogP contribution is -2.22. The van der Waals surface area contributed by atoms with Crippen LogP contribution in [-0.4, -0.2) is 30.0 Å². The van der Waals surface area contributed by atoms with E-state index in [0.717, 1.165) is 18.4 Å². The minimum absolute atomic E-state index is 0.0750. The Hall–Kier alpha value is -2.63. The molecular formula is C22H29N3O3. The van der Waals surface area contributed by atoms with Crippen LogP contribution in [0.1, 0.15) is 62.9 Å². The zero-order valence-corrected chi connectivity index (χ0v) is 17.1. The Morgan fingerprint density at radius 3 is 2.43 bits per heavy atom. The molecule has 1 aromatic rings. The summed E-state index contributed by atoms with van der Waals surface area (Å²) in [7, 11) is 0. The molecule has 0 atom stereocenters. The summed E-state index contributed by atoms with van der Waals surface area (Å²) in [6.07, 6.45) is 6.58. The second-order valence-corrected chi connectivity index (χ2v) is 8.81. The number of allylic oxidation sites excluding steroid dienone is 2. The average Bonchev–Trinajstić information content (AvgIpc) is 2.64. The van der Waals surface area contributed by atoms with Gasteiger partial charge < -0.3 is 5.11 Å². The van der Waals surface area contributed by atoms with Crippen LogP contribution in [0.4, 0.5) is 0 Å². The highest BCUT2D eigenvalue weighted by Gasteiger charge is 2.24. The van der Waals surface area contributed by atoms with Gasteiger partial charge in [0.15, 0.2) is 0 Å². The van der Waals surface area contributed by atoms with E-state index in [1.807, 2.05) is 6.21 Å². The molecule has 0 spiro atoms. The summed E-state index contributed by atoms with van der Waals surface area (Å²) < 4.78 is 0. The number of nitrogens with zero attached hydrogens (tertiary/aromatic N) is 3. The summed E-state index contributed by atoms with van der Waals surface area (Å²) in [6, 6.07) is 6.64. The fourth-order valence-corrected chi connectivity index (χ4v) is 2.91. The van der Waals surface area contributed by atoms with Gasteiger partial charge in [-0.1, -0.05) is 39.8 Å². The fourth-order valence-electron chi connectivity index (χ4n) is 2.91. The Kier molecular flexibility index (Phi) is 7.00. The second-order valence-electron chi connectivity index (χ2n) is 8.81. The molecule has 28 heavy (non-hydrogen) atoms. The van der Waals surface area contributed by atoms with Crippen LogP contribution in [-0.2, 0) is 6.42 Å². The minimum atomic E-state index is -0.957. The maximum atomic E-state index is 11.5. The summed E-state index contributed by atoms with van der Waals surface area (Å²) in [6.45, 7) is 9.34. The summed E-state index contributed by atoms with van der Waals surface area (Å²) in [5, 5.41) is 12.2. The molecule has 6 heteroatoms. The largest absolute Gasteiger partial charge is 0.478 e. The van der Waals surface area contributed by atoms with Crippen LogP contribution in [0.5, 0.6) is 0 Å². The third-order valence-corrected chi connectivity index (χ3v) is 4.99. The first-order chi connectivity index (χ1) is 13.1. The highest BCUT2D eigenvalue weighted by Crippen LogP contribution is 2.31. The van der Waals surface area contributed by atoms with E-state index in [1.165, 1.54) is 0 Å². The Balaban J connectivity index is 2.24. The van der Waals surface area contributed by atoms with Crippen molar-refractivity contribution in [2.24, 2.45) is 26.0 Å². The number of nitroso groups, excluding NO2 is 1. The molecule has 0 unspecified atom stereocenters. The molecule has 2 rings (SSSR count). The molecular weight excluding hydrogens is 354 g/mol. The number of aromatic carboxylic acids is 1. The van der Waals surface area contributed by atoms with Crippen LogP contribution in [0.2, 0.25) is 0 Å². The molecule has 1 heterocycles. The van der Waals surface area contributed by atoms with Gasteiger partial charge in [-0.3, -0.25) is 9.98 Å². The molecule has 0 aromatic heterocycles. The van der Waals surface area contributed by atoms with E-state index in [2.05, 4.69) is 42.9 Å². The predicted molar refractivity (Wildman–Crippen MR) is 113 cm³/mol. The van der Waals surface area contributed by atoms with Crippen molar-refractivity contribution < 1.29 is 9.90 Å². The second kappa shape index (κ2) is 9.04. The summed E-state index contributed by atoms with van der Waals surface area (Å²) in [4.78, 5) is 31.5. The first-order valence-electron chi connectivity index (χ1n) is 9.56. The zero-order chi connectivity index (χ0) is 20.8. The van der Waals surface area contributed by atoms with Crippen molar-refractivity contribution in [2.45, 2.75) is 53.4 Å². The average molecular weight is 383 g/mol. The topological polar surface area (TPSA) is 91.5 Å². The van der Waals surface area contributed by atoms with Crippen LogP contribution in [0.15, 0.2) is 50.8 Å². The number of carboxylic acid groups (broad SMARTS) is 1. The molecule has 0 bridgehead atoms. The molecule has 1 aromatic carbocycles. The quantitative estimate of drug-likeness (QED) is 0.701. The van der Waals surface area contributed by atoms with Crippen molar-refractivity contribution in [3.8, 4) is 0 Å². The lowest BCUT2D eigenvalue weighted by Gasteiger charge is -2.28. The Morgan fingerprint density at radius 1 is 1.14 bits per heavy atom. The van der Waals surface area contributed by atoms with E-state index >= 15 is 0 Å². The summed E-state index contributed by atoms with van der Waals surface area (Å²) in [5.74, 6) is -0.957. The van der Waals surface area contributed by atoms with Gasteiger partial charge in [0.25, 0.3) is 0 Å². The van der Waals surface area contributed by atoms with Crippen LogP contribution in [0.3, 0.4) is 0 Å². The number of benzene rings is 1. The molecule has 1 aliphatic rings. The summed E-state index contributed by atoms with van der Waals surface area (Å²) in [5.41, 5.74) is 2.05. The molecule has 0 fully saturated rings. The van der Waals surface area contributed by atoms with Crippen molar-refractivity contribution in [1.29, 1.82) is 0 Å². The van der Waals surface area contributed by atoms with Crippen molar-refractivity contribution in [2.75, 3.05) is 6.54 Å². The zero-order valence-electron chi connectivity index (χ0n) is 17.1. The number of aryl methyl sites for hydroxylation is 1. The third-order valence-electron chi connectivity index (χ3n) is 4.99. The van der Waals surface area contributed by atoms with Crippen LogP contribution >= 0.6 is 0 Å². The molecule has 0 aliphatic carbocycles. The van der Waals surface area contributed by atoms with Gasteiger partial charge in [0.1, 0.15) is 11.4 Å². The monoisotopic (exact) mass is 383 g/mol. The number of carboxylic acids is 1. The number of carbonyl (C=O) groups is 1. The molecule has 0 saturated carbocycles. The highest BCUT2D eigenvalue weighted by molar-refractivity contribution is 5.87. The molecule has 0 amide bonds. The van der Waals surface area contributed by atoms with Gasteiger partial charge in [0.2, 0.25) is 0 Å². The molecule has 1 N–H and O–H groups in total. The smallest absolute Gasteiger partial charge is 0.335 e. The molecule has 1 aliphatic heterocycles. The maximum absolute atomic E-state index is 11.5. The van der Waals surface area contributed by atoms with Crippen molar-refractivity contribution in [1.82, 2.24) is 0 Å². The molecule has 0 radical (unpaired) electrons. The number of rotatable bonds is 5. The lowest BCUT2D eigenvalue weighted by molar-refractivity contribution is 0.0697. The normalized spacial score (nSPS) is 20.4. The Labute approximate surface area is 166 Å². The van der Waals surface area contributed by atoms with Crippen LogP contribution < -0.4 is 0 Å². The van der Waals surface area contributed by atoms with Gasteiger partial charge in [-0.2, -0.15) is 0 Å². The van der Waals surface area contributed by atoms with Gasteiger partial charge in [0, 0.05) is 24.4 Å². The fraction of sp³-hybridized carbons (Fsp3) is 0.500. The first-order valence-corrected chi connectivity index (χ1v) is 9.56. The van der Waals surface area contributed by atoms with Gasteiger partial charge in [-0.25, -0.2) is 4.79 Å². The highest BCUT2D eigenvalue weighted by atomic mass is 16.4. The van der Waals surface area contributed by atoms with Crippen LogP contribution in [0.25, 0.3) is 0 Å². The lowest BCUT2D eigenvalue weighted by atomic mass is 9.79. The van der Waals surface area contributed by atoms with E-state index in [-0.39, 0.29) is 16.4 Å². The third kappa shape index (κ3) is 6.51. The molecule has 0 saturated heterocycles. The maximum Gasteiger partial charge on any atom is 0.335 e. The van der Waals surface area contributed by atoms with E-state index in [9.17, 15) is 9.70 Å².